The first-order valence-electron chi connectivity index (χ1n) is 6.10. The van der Waals surface area contributed by atoms with Crippen molar-refractivity contribution in [3.8, 4) is 0 Å². The summed E-state index contributed by atoms with van der Waals surface area (Å²) in [7, 11) is 0. The van der Waals surface area contributed by atoms with Crippen molar-refractivity contribution < 1.29 is 14.7 Å². The van der Waals surface area contributed by atoms with Crippen LogP contribution in [0.4, 0.5) is 4.79 Å². The number of aromatic nitrogens is 2. The van der Waals surface area contributed by atoms with Crippen molar-refractivity contribution >= 4 is 12.0 Å². The van der Waals surface area contributed by atoms with Gasteiger partial charge < -0.3 is 10.8 Å². The second-order valence-corrected chi connectivity index (χ2v) is 4.88. The van der Waals surface area contributed by atoms with Gasteiger partial charge in [0.05, 0.1) is 0 Å². The summed E-state index contributed by atoms with van der Waals surface area (Å²) in [5, 5.41) is 9.10. The second-order valence-electron chi connectivity index (χ2n) is 4.88. The van der Waals surface area contributed by atoms with E-state index < -0.39 is 18.0 Å². The van der Waals surface area contributed by atoms with Crippen molar-refractivity contribution in [3.05, 3.63) is 18.2 Å². The summed E-state index contributed by atoms with van der Waals surface area (Å²) in [4.78, 5) is 28.7. The Bertz CT molecular complexity index is 459. The van der Waals surface area contributed by atoms with Crippen LogP contribution in [0.5, 0.6) is 0 Å². The van der Waals surface area contributed by atoms with Crippen LogP contribution in [-0.4, -0.2) is 43.6 Å². The van der Waals surface area contributed by atoms with E-state index in [4.69, 9.17) is 10.8 Å². The van der Waals surface area contributed by atoms with Gasteiger partial charge in [-0.05, 0) is 27.7 Å². The molecule has 1 aromatic heterocycles. The predicted molar refractivity (Wildman–Crippen MR) is 69.7 cm³/mol. The molecule has 0 aliphatic rings. The fraction of sp³-hybridized carbons (Fsp3) is 0.583. The van der Waals surface area contributed by atoms with Gasteiger partial charge in [-0.25, -0.2) is 14.3 Å². The smallest absolute Gasteiger partial charge is 0.417 e. The Balaban J connectivity index is 3.31. The lowest BCUT2D eigenvalue weighted by Gasteiger charge is -2.35. The summed E-state index contributed by atoms with van der Waals surface area (Å²) in [6.45, 7) is 7.68. The van der Waals surface area contributed by atoms with Gasteiger partial charge in [-0.1, -0.05) is 0 Å². The maximum absolute atomic E-state index is 11.8. The Morgan fingerprint density at radius 1 is 1.32 bits per heavy atom. The number of carbonyl (C=O) groups is 2. The van der Waals surface area contributed by atoms with E-state index in [2.05, 4.69) is 4.98 Å². The fourth-order valence-electron chi connectivity index (χ4n) is 2.28. The van der Waals surface area contributed by atoms with Crippen LogP contribution in [0.3, 0.4) is 0 Å². The monoisotopic (exact) mass is 268 g/mol. The van der Waals surface area contributed by atoms with Crippen LogP contribution in [0, 0.1) is 0 Å². The Morgan fingerprint density at radius 3 is 2.21 bits per heavy atom. The first-order chi connectivity index (χ1) is 8.77. The van der Waals surface area contributed by atoms with E-state index in [-0.39, 0.29) is 17.9 Å². The van der Waals surface area contributed by atoms with Crippen LogP contribution < -0.4 is 5.73 Å². The van der Waals surface area contributed by atoms with Gasteiger partial charge in [0.15, 0.2) is 0 Å². The number of nitrogens with zero attached hydrogens (tertiary/aromatic N) is 3. The van der Waals surface area contributed by atoms with E-state index in [0.29, 0.717) is 0 Å². The molecule has 19 heavy (non-hydrogen) atoms. The van der Waals surface area contributed by atoms with Crippen LogP contribution in [0.2, 0.25) is 0 Å². The fourth-order valence-corrected chi connectivity index (χ4v) is 2.28. The Labute approximate surface area is 112 Å². The van der Waals surface area contributed by atoms with Crippen LogP contribution in [0.25, 0.3) is 0 Å². The van der Waals surface area contributed by atoms with E-state index >= 15 is 0 Å². The van der Waals surface area contributed by atoms with Gasteiger partial charge in [0, 0.05) is 24.5 Å². The number of imidazole rings is 1. The van der Waals surface area contributed by atoms with E-state index in [0.717, 1.165) is 4.57 Å². The van der Waals surface area contributed by atoms with Gasteiger partial charge in [0.25, 0.3) is 0 Å². The summed E-state index contributed by atoms with van der Waals surface area (Å²) in [6.07, 6.45) is 1.45. The van der Waals surface area contributed by atoms with Crippen LogP contribution in [0.15, 0.2) is 12.4 Å². The molecule has 0 bridgehead atoms. The predicted octanol–water partition coefficient (Wildman–Crippen LogP) is 1.05. The zero-order valence-electron chi connectivity index (χ0n) is 11.6. The molecule has 1 heterocycles. The molecule has 0 radical (unpaired) electrons. The number of rotatable bonds is 5. The van der Waals surface area contributed by atoms with Gasteiger partial charge in [0.1, 0.15) is 11.9 Å². The molecule has 7 nitrogen and oxygen atoms in total. The molecule has 0 aliphatic heterocycles. The van der Waals surface area contributed by atoms with Crippen molar-refractivity contribution in [2.45, 2.75) is 45.8 Å². The maximum Gasteiger partial charge on any atom is 0.417 e. The zero-order chi connectivity index (χ0) is 14.7. The van der Waals surface area contributed by atoms with E-state index in [1.807, 2.05) is 32.6 Å². The summed E-state index contributed by atoms with van der Waals surface area (Å²) < 4.78 is 0.924. The van der Waals surface area contributed by atoms with Gasteiger partial charge in [-0.3, -0.25) is 9.69 Å². The summed E-state index contributed by atoms with van der Waals surface area (Å²) >= 11 is 0. The molecule has 1 atom stereocenters. The quantitative estimate of drug-likeness (QED) is 0.831. The molecule has 0 saturated heterocycles. The molecule has 7 heteroatoms. The van der Waals surface area contributed by atoms with Crippen molar-refractivity contribution in [2.75, 3.05) is 0 Å². The number of carbonyl (C=O) groups excluding carboxylic acids is 1. The third-order valence-corrected chi connectivity index (χ3v) is 2.88. The standard InChI is InChI=1S/C12H20N4O3/c1-7(2)16(8(3)4)9(10(13)17)11-14-5-6-15(11)12(18)19/h5-9H,1-4H3,(H2,13,17)(H,18,19). The highest BCUT2D eigenvalue weighted by molar-refractivity contribution is 5.82. The van der Waals surface area contributed by atoms with Gasteiger partial charge in [0.2, 0.25) is 5.91 Å². The number of amides is 1. The lowest BCUT2D eigenvalue weighted by atomic mass is 10.1. The summed E-state index contributed by atoms with van der Waals surface area (Å²) in [5.74, 6) is -0.487. The highest BCUT2D eigenvalue weighted by Crippen LogP contribution is 2.24. The molecule has 0 spiro atoms. The minimum atomic E-state index is -1.19. The largest absolute Gasteiger partial charge is 0.464 e. The van der Waals surface area contributed by atoms with E-state index in [1.165, 1.54) is 12.4 Å². The maximum atomic E-state index is 11.8. The molecular weight excluding hydrogens is 248 g/mol. The average molecular weight is 268 g/mol. The summed E-state index contributed by atoms with van der Waals surface area (Å²) in [6, 6.07) is -0.820. The minimum absolute atomic E-state index is 0.0245. The third-order valence-electron chi connectivity index (χ3n) is 2.88. The average Bonchev–Trinajstić information content (AvgIpc) is 2.72. The Morgan fingerprint density at radius 2 is 1.84 bits per heavy atom. The van der Waals surface area contributed by atoms with Crippen LogP contribution in [-0.2, 0) is 4.79 Å². The molecule has 1 unspecified atom stereocenters. The molecule has 0 aliphatic carbocycles. The van der Waals surface area contributed by atoms with Crippen LogP contribution >= 0.6 is 0 Å². The SMILES string of the molecule is CC(C)N(C(C)C)C(C(N)=O)c1nccn1C(=O)O. The minimum Gasteiger partial charge on any atom is -0.464 e. The molecule has 1 rings (SSSR count). The molecule has 3 N–H and O–H groups in total. The topological polar surface area (TPSA) is 101 Å². The zero-order valence-corrected chi connectivity index (χ0v) is 11.6. The molecule has 1 amide bonds. The number of nitrogens with two attached hydrogens (primary N) is 1. The number of hydrogen-bond acceptors (Lipinski definition) is 4. The van der Waals surface area contributed by atoms with Crippen molar-refractivity contribution in [2.24, 2.45) is 5.73 Å². The lowest BCUT2D eigenvalue weighted by Crippen LogP contribution is -2.47. The highest BCUT2D eigenvalue weighted by Gasteiger charge is 2.34. The molecule has 106 valence electrons. The van der Waals surface area contributed by atoms with Crippen molar-refractivity contribution in [1.29, 1.82) is 0 Å². The molecular formula is C12H20N4O3. The number of hydrogen-bond donors (Lipinski definition) is 2. The Kier molecular flexibility index (Phi) is 4.66. The molecule has 0 fully saturated rings. The van der Waals surface area contributed by atoms with E-state index in [9.17, 15) is 9.59 Å². The van der Waals surface area contributed by atoms with Crippen molar-refractivity contribution in [1.82, 2.24) is 14.5 Å². The lowest BCUT2D eigenvalue weighted by molar-refractivity contribution is -0.125. The molecule has 0 aromatic carbocycles. The first-order valence-corrected chi connectivity index (χ1v) is 6.10. The summed E-state index contributed by atoms with van der Waals surface area (Å²) in [5.41, 5.74) is 5.45. The van der Waals surface area contributed by atoms with Gasteiger partial charge in [-0.2, -0.15) is 0 Å². The van der Waals surface area contributed by atoms with Gasteiger partial charge >= 0.3 is 6.09 Å². The number of primary amides is 1. The van der Waals surface area contributed by atoms with Crippen LogP contribution in [0.1, 0.15) is 39.6 Å². The number of carboxylic acid groups (broad SMARTS) is 1. The van der Waals surface area contributed by atoms with E-state index in [1.54, 1.807) is 0 Å². The molecule has 1 aromatic rings. The second kappa shape index (κ2) is 5.83. The third kappa shape index (κ3) is 3.11. The van der Waals surface area contributed by atoms with Crippen molar-refractivity contribution in [3.63, 3.8) is 0 Å². The normalized spacial score (nSPS) is 13.2. The van der Waals surface area contributed by atoms with Gasteiger partial charge in [-0.15, -0.1) is 0 Å². The first kappa shape index (κ1) is 15.2. The molecule has 0 saturated carbocycles. The highest BCUT2D eigenvalue weighted by atomic mass is 16.4. The Hall–Kier alpha value is -1.89.